The lowest BCUT2D eigenvalue weighted by atomic mass is 9.78. The third-order valence-corrected chi connectivity index (χ3v) is 3.91. The summed E-state index contributed by atoms with van der Waals surface area (Å²) >= 11 is 0. The second-order valence-electron chi connectivity index (χ2n) is 5.63. The third-order valence-electron chi connectivity index (χ3n) is 3.91. The van der Waals surface area contributed by atoms with E-state index in [2.05, 4.69) is 31.1 Å². The molecule has 0 aliphatic carbocycles. The number of nitrogens with zero attached hydrogens (tertiary/aromatic N) is 1. The first-order chi connectivity index (χ1) is 8.23. The fraction of sp³-hybridized carbons (Fsp3) is 0.933. The van der Waals surface area contributed by atoms with E-state index in [-0.39, 0.29) is 0 Å². The van der Waals surface area contributed by atoms with Gasteiger partial charge in [0.2, 0.25) is 0 Å². The summed E-state index contributed by atoms with van der Waals surface area (Å²) in [6.45, 7) is 8.99. The quantitative estimate of drug-likeness (QED) is 0.599. The van der Waals surface area contributed by atoms with E-state index in [4.69, 9.17) is 0 Å². The Morgan fingerprint density at radius 1 is 1.06 bits per heavy atom. The highest BCUT2D eigenvalue weighted by molar-refractivity contribution is 5.89. The number of hydrogen-bond donors (Lipinski definition) is 1. The van der Waals surface area contributed by atoms with Gasteiger partial charge in [0.25, 0.3) is 0 Å². The Bertz CT molecular complexity index is 235. The van der Waals surface area contributed by atoms with Crippen LogP contribution in [0.1, 0.15) is 72.1 Å². The Hall–Kier alpha value is -0.530. The third kappa shape index (κ3) is 4.69. The number of hydrogen-bond acceptors (Lipinski definition) is 2. The number of aliphatic imine (C=N–C) groups is 1. The van der Waals surface area contributed by atoms with Crippen molar-refractivity contribution in [2.75, 3.05) is 13.1 Å². The molecule has 0 saturated heterocycles. The number of nitrogens with one attached hydrogen (secondary N) is 1. The molecule has 0 bridgehead atoms. The fourth-order valence-electron chi connectivity index (χ4n) is 2.67. The Morgan fingerprint density at radius 3 is 2.35 bits per heavy atom. The van der Waals surface area contributed by atoms with E-state index in [1.54, 1.807) is 0 Å². The molecule has 0 amide bonds. The molecular formula is C15H30N2. The highest BCUT2D eigenvalue weighted by atomic mass is 15.1. The van der Waals surface area contributed by atoms with Gasteiger partial charge in [-0.25, -0.2) is 0 Å². The second-order valence-corrected chi connectivity index (χ2v) is 5.63. The monoisotopic (exact) mass is 238 g/mol. The lowest BCUT2D eigenvalue weighted by Gasteiger charge is -2.30. The van der Waals surface area contributed by atoms with Crippen LogP contribution in [0.5, 0.6) is 0 Å². The van der Waals surface area contributed by atoms with Crippen molar-refractivity contribution in [1.82, 2.24) is 5.32 Å². The molecule has 1 aliphatic heterocycles. The standard InChI is InChI=1S/C15H30N2/c1-4-6-8-9-11-15(3,10-7-5-2)14-16-12-13-17-14/h4-13H2,1-3H3,(H,16,17). The number of unbranched alkanes of at least 4 members (excludes halogenated alkanes) is 4. The maximum absolute atomic E-state index is 4.67. The zero-order valence-electron chi connectivity index (χ0n) is 12.0. The van der Waals surface area contributed by atoms with Gasteiger partial charge in [-0.2, -0.15) is 0 Å². The van der Waals surface area contributed by atoms with Gasteiger partial charge in [0.05, 0.1) is 6.54 Å². The molecule has 1 atom stereocenters. The minimum absolute atomic E-state index is 0.320. The topological polar surface area (TPSA) is 24.4 Å². The Morgan fingerprint density at radius 2 is 1.76 bits per heavy atom. The van der Waals surface area contributed by atoms with Crippen LogP contribution in [0.25, 0.3) is 0 Å². The van der Waals surface area contributed by atoms with Crippen molar-refractivity contribution in [3.63, 3.8) is 0 Å². The molecule has 1 rings (SSSR count). The van der Waals surface area contributed by atoms with Crippen molar-refractivity contribution >= 4 is 5.84 Å². The summed E-state index contributed by atoms with van der Waals surface area (Å²) in [6, 6.07) is 0. The van der Waals surface area contributed by atoms with Gasteiger partial charge in [-0.05, 0) is 12.8 Å². The van der Waals surface area contributed by atoms with Gasteiger partial charge < -0.3 is 5.32 Å². The van der Waals surface area contributed by atoms with Gasteiger partial charge in [-0.3, -0.25) is 4.99 Å². The summed E-state index contributed by atoms with van der Waals surface area (Å²) in [5.41, 5.74) is 0.320. The Labute approximate surface area is 107 Å². The Balaban J connectivity index is 2.45. The molecule has 1 unspecified atom stereocenters. The first kappa shape index (κ1) is 14.5. The molecule has 0 saturated carbocycles. The van der Waals surface area contributed by atoms with Crippen LogP contribution in [0.15, 0.2) is 4.99 Å². The van der Waals surface area contributed by atoms with Gasteiger partial charge in [-0.15, -0.1) is 0 Å². The van der Waals surface area contributed by atoms with Crippen molar-refractivity contribution < 1.29 is 0 Å². The van der Waals surface area contributed by atoms with Crippen LogP contribution in [0, 0.1) is 5.41 Å². The van der Waals surface area contributed by atoms with Gasteiger partial charge in [0, 0.05) is 12.0 Å². The SMILES string of the molecule is CCCCCCC(C)(CCCC)C1=NCCN1. The maximum atomic E-state index is 4.67. The van der Waals surface area contributed by atoms with Crippen LogP contribution < -0.4 is 5.32 Å². The lowest BCUT2D eigenvalue weighted by Crippen LogP contribution is -2.36. The van der Waals surface area contributed by atoms with Crippen LogP contribution in [-0.2, 0) is 0 Å². The van der Waals surface area contributed by atoms with Crippen LogP contribution in [-0.4, -0.2) is 18.9 Å². The highest BCUT2D eigenvalue weighted by Gasteiger charge is 2.30. The summed E-state index contributed by atoms with van der Waals surface area (Å²) < 4.78 is 0. The largest absolute Gasteiger partial charge is 0.372 e. The van der Waals surface area contributed by atoms with Crippen molar-refractivity contribution in [3.05, 3.63) is 0 Å². The molecule has 0 aromatic carbocycles. The molecular weight excluding hydrogens is 208 g/mol. The predicted molar refractivity (Wildman–Crippen MR) is 76.7 cm³/mol. The van der Waals surface area contributed by atoms with E-state index in [1.807, 2.05) is 0 Å². The Kier molecular flexibility index (Phi) is 6.61. The molecule has 0 fully saturated rings. The maximum Gasteiger partial charge on any atom is 0.102 e. The fourth-order valence-corrected chi connectivity index (χ4v) is 2.67. The van der Waals surface area contributed by atoms with Gasteiger partial charge in [0.15, 0.2) is 0 Å². The molecule has 0 spiro atoms. The van der Waals surface area contributed by atoms with Gasteiger partial charge >= 0.3 is 0 Å². The van der Waals surface area contributed by atoms with Crippen LogP contribution in [0.2, 0.25) is 0 Å². The minimum atomic E-state index is 0.320. The predicted octanol–water partition coefficient (Wildman–Crippen LogP) is 4.16. The zero-order valence-corrected chi connectivity index (χ0v) is 12.0. The second kappa shape index (κ2) is 7.73. The van der Waals surface area contributed by atoms with Crippen molar-refractivity contribution in [1.29, 1.82) is 0 Å². The zero-order chi connectivity index (χ0) is 12.6. The molecule has 2 heteroatoms. The normalized spacial score (nSPS) is 18.6. The van der Waals surface area contributed by atoms with E-state index >= 15 is 0 Å². The van der Waals surface area contributed by atoms with E-state index in [1.165, 1.54) is 57.2 Å². The molecule has 0 aromatic heterocycles. The summed E-state index contributed by atoms with van der Waals surface area (Å²) in [6.07, 6.45) is 10.7. The molecule has 1 heterocycles. The molecule has 100 valence electrons. The summed E-state index contributed by atoms with van der Waals surface area (Å²) in [5, 5.41) is 3.50. The van der Waals surface area contributed by atoms with E-state index in [9.17, 15) is 0 Å². The minimum Gasteiger partial charge on any atom is -0.372 e. The number of rotatable bonds is 9. The molecule has 1 aliphatic rings. The van der Waals surface area contributed by atoms with E-state index < -0.39 is 0 Å². The van der Waals surface area contributed by atoms with Crippen molar-refractivity contribution in [2.24, 2.45) is 10.4 Å². The smallest absolute Gasteiger partial charge is 0.102 e. The lowest BCUT2D eigenvalue weighted by molar-refractivity contribution is 0.356. The van der Waals surface area contributed by atoms with E-state index in [0.717, 1.165) is 13.1 Å². The molecule has 0 aromatic rings. The first-order valence-electron chi connectivity index (χ1n) is 7.51. The summed E-state index contributed by atoms with van der Waals surface area (Å²) in [4.78, 5) is 4.67. The average molecular weight is 238 g/mol. The van der Waals surface area contributed by atoms with Gasteiger partial charge in [0.1, 0.15) is 5.84 Å². The average Bonchev–Trinajstić information content (AvgIpc) is 2.86. The number of amidine groups is 1. The van der Waals surface area contributed by atoms with Gasteiger partial charge in [-0.1, -0.05) is 59.3 Å². The first-order valence-corrected chi connectivity index (χ1v) is 7.51. The molecule has 0 radical (unpaired) electrons. The summed E-state index contributed by atoms with van der Waals surface area (Å²) in [7, 11) is 0. The summed E-state index contributed by atoms with van der Waals surface area (Å²) in [5.74, 6) is 1.29. The van der Waals surface area contributed by atoms with Crippen LogP contribution in [0.3, 0.4) is 0 Å². The highest BCUT2D eigenvalue weighted by Crippen LogP contribution is 2.32. The molecule has 2 nitrogen and oxygen atoms in total. The molecule has 1 N–H and O–H groups in total. The van der Waals surface area contributed by atoms with Crippen LogP contribution >= 0.6 is 0 Å². The van der Waals surface area contributed by atoms with E-state index in [0.29, 0.717) is 5.41 Å². The van der Waals surface area contributed by atoms with Crippen LogP contribution in [0.4, 0.5) is 0 Å². The molecule has 17 heavy (non-hydrogen) atoms. The van der Waals surface area contributed by atoms with Crippen molar-refractivity contribution in [3.8, 4) is 0 Å². The van der Waals surface area contributed by atoms with Crippen molar-refractivity contribution in [2.45, 2.75) is 72.1 Å².